The first-order chi connectivity index (χ1) is 14.2. The third kappa shape index (κ3) is 5.71. The number of nitrogens with two attached hydrogens (primary N) is 1. The summed E-state index contributed by atoms with van der Waals surface area (Å²) in [5.74, 6) is -1.20. The maximum absolute atomic E-state index is 12.4. The Kier molecular flexibility index (Phi) is 6.96. The van der Waals surface area contributed by atoms with E-state index in [1.807, 2.05) is 24.3 Å². The van der Waals surface area contributed by atoms with Gasteiger partial charge in [-0.05, 0) is 42.3 Å². The van der Waals surface area contributed by atoms with E-state index in [-0.39, 0.29) is 11.4 Å². The van der Waals surface area contributed by atoms with E-state index in [9.17, 15) is 18.0 Å². The lowest BCUT2D eigenvalue weighted by Gasteiger charge is -2.35. The minimum Gasteiger partial charge on any atom is -0.368 e. The zero-order valence-electron chi connectivity index (χ0n) is 16.3. The summed E-state index contributed by atoms with van der Waals surface area (Å²) in [6.07, 6.45) is 0.465. The Labute approximate surface area is 180 Å². The molecule has 160 valence electrons. The van der Waals surface area contributed by atoms with Gasteiger partial charge in [0.15, 0.2) is 0 Å². The first-order valence-corrected chi connectivity index (χ1v) is 11.4. The number of carbonyl (C=O) groups excluding carboxylic acids is 2. The number of nitrogens with zero attached hydrogens (tertiary/aromatic N) is 2. The van der Waals surface area contributed by atoms with Gasteiger partial charge in [-0.15, -0.1) is 0 Å². The van der Waals surface area contributed by atoms with Gasteiger partial charge in [-0.2, -0.15) is 0 Å². The molecule has 1 aliphatic rings. The lowest BCUT2D eigenvalue weighted by atomic mass is 10.1. The molecule has 1 saturated heterocycles. The molecular formula is C20H23ClN4O4S. The number of carbonyl (C=O) groups is 2. The molecule has 30 heavy (non-hydrogen) atoms. The number of primary sulfonamides is 1. The summed E-state index contributed by atoms with van der Waals surface area (Å²) in [6.45, 7) is 2.41. The van der Waals surface area contributed by atoms with E-state index in [4.69, 9.17) is 16.7 Å². The number of benzene rings is 2. The summed E-state index contributed by atoms with van der Waals surface area (Å²) in [5.41, 5.74) is 1.82. The Hall–Kier alpha value is -2.62. The minimum atomic E-state index is -3.73. The summed E-state index contributed by atoms with van der Waals surface area (Å²) < 4.78 is 22.5. The van der Waals surface area contributed by atoms with Gasteiger partial charge in [-0.1, -0.05) is 29.8 Å². The topological polar surface area (TPSA) is 113 Å². The maximum atomic E-state index is 12.4. The number of hydrogen-bond acceptors (Lipinski definition) is 5. The average Bonchev–Trinajstić information content (AvgIpc) is 2.73. The molecule has 0 aromatic heterocycles. The van der Waals surface area contributed by atoms with Crippen molar-refractivity contribution in [2.24, 2.45) is 5.14 Å². The summed E-state index contributed by atoms with van der Waals surface area (Å²) in [7, 11) is -3.73. The fraction of sp³-hybridized carbons (Fsp3) is 0.300. The second kappa shape index (κ2) is 9.46. The van der Waals surface area contributed by atoms with E-state index in [0.29, 0.717) is 37.6 Å². The Morgan fingerprint density at radius 3 is 2.30 bits per heavy atom. The van der Waals surface area contributed by atoms with Crippen molar-refractivity contribution in [1.82, 2.24) is 10.2 Å². The molecule has 2 aromatic rings. The second-order valence-electron chi connectivity index (χ2n) is 6.95. The number of nitrogens with one attached hydrogen (secondary N) is 1. The highest BCUT2D eigenvalue weighted by molar-refractivity contribution is 7.89. The average molecular weight is 451 g/mol. The van der Waals surface area contributed by atoms with E-state index in [1.165, 1.54) is 17.0 Å². The van der Waals surface area contributed by atoms with Gasteiger partial charge < -0.3 is 15.1 Å². The van der Waals surface area contributed by atoms with Crippen LogP contribution >= 0.6 is 11.6 Å². The quantitative estimate of drug-likeness (QED) is 0.660. The SMILES string of the molecule is NS(=O)(=O)c1ccc(CCNC(=O)C(=O)N2CCN(c3cccc(Cl)c3)CC2)cc1. The number of anilines is 1. The summed E-state index contributed by atoms with van der Waals surface area (Å²) in [6, 6.07) is 13.6. The van der Waals surface area contributed by atoms with Gasteiger partial charge in [0.2, 0.25) is 10.0 Å². The predicted molar refractivity (Wildman–Crippen MR) is 115 cm³/mol. The Morgan fingerprint density at radius 2 is 1.70 bits per heavy atom. The number of hydrogen-bond donors (Lipinski definition) is 2. The molecule has 0 atom stereocenters. The van der Waals surface area contributed by atoms with Crippen LogP contribution in [0.4, 0.5) is 5.69 Å². The van der Waals surface area contributed by atoms with Gasteiger partial charge in [0.25, 0.3) is 0 Å². The highest BCUT2D eigenvalue weighted by atomic mass is 35.5. The van der Waals surface area contributed by atoms with Crippen molar-refractivity contribution in [2.45, 2.75) is 11.3 Å². The van der Waals surface area contributed by atoms with Crippen LogP contribution in [0.15, 0.2) is 53.4 Å². The molecule has 1 aliphatic heterocycles. The Morgan fingerprint density at radius 1 is 1.03 bits per heavy atom. The molecule has 0 radical (unpaired) electrons. The summed E-state index contributed by atoms with van der Waals surface area (Å²) in [4.78, 5) is 28.3. The van der Waals surface area contributed by atoms with Gasteiger partial charge >= 0.3 is 11.8 Å². The van der Waals surface area contributed by atoms with Crippen LogP contribution in [0.25, 0.3) is 0 Å². The van der Waals surface area contributed by atoms with E-state index < -0.39 is 21.8 Å². The zero-order valence-corrected chi connectivity index (χ0v) is 17.8. The molecule has 0 saturated carbocycles. The number of piperazine rings is 1. The molecule has 2 amide bonds. The third-order valence-electron chi connectivity index (χ3n) is 4.89. The molecule has 2 aromatic carbocycles. The van der Waals surface area contributed by atoms with Crippen molar-refractivity contribution in [1.29, 1.82) is 0 Å². The molecule has 3 rings (SSSR count). The molecule has 10 heteroatoms. The van der Waals surface area contributed by atoms with Crippen LogP contribution in [0.1, 0.15) is 5.56 Å². The highest BCUT2D eigenvalue weighted by Gasteiger charge is 2.26. The zero-order chi connectivity index (χ0) is 21.7. The van der Waals surface area contributed by atoms with Crippen molar-refractivity contribution in [2.75, 3.05) is 37.6 Å². The molecule has 0 spiro atoms. The lowest BCUT2D eigenvalue weighted by molar-refractivity contribution is -0.146. The van der Waals surface area contributed by atoms with Gasteiger partial charge in [0.1, 0.15) is 0 Å². The van der Waals surface area contributed by atoms with Crippen LogP contribution in [-0.2, 0) is 26.0 Å². The van der Waals surface area contributed by atoms with Gasteiger partial charge in [-0.3, -0.25) is 9.59 Å². The second-order valence-corrected chi connectivity index (χ2v) is 8.95. The lowest BCUT2D eigenvalue weighted by Crippen LogP contribution is -2.52. The maximum Gasteiger partial charge on any atom is 0.312 e. The van der Waals surface area contributed by atoms with Crippen LogP contribution in [0.5, 0.6) is 0 Å². The molecule has 1 fully saturated rings. The molecule has 8 nitrogen and oxygen atoms in total. The summed E-state index contributed by atoms with van der Waals surface area (Å²) in [5, 5.41) is 8.34. The van der Waals surface area contributed by atoms with Crippen molar-refractivity contribution >= 4 is 39.1 Å². The van der Waals surface area contributed by atoms with E-state index in [2.05, 4.69) is 10.2 Å². The monoisotopic (exact) mass is 450 g/mol. The largest absolute Gasteiger partial charge is 0.368 e. The smallest absolute Gasteiger partial charge is 0.312 e. The van der Waals surface area contributed by atoms with Crippen molar-refractivity contribution in [3.8, 4) is 0 Å². The van der Waals surface area contributed by atoms with Crippen LogP contribution in [0.3, 0.4) is 0 Å². The summed E-state index contributed by atoms with van der Waals surface area (Å²) >= 11 is 6.03. The van der Waals surface area contributed by atoms with Gasteiger partial charge in [-0.25, -0.2) is 13.6 Å². The Balaban J connectivity index is 1.44. The van der Waals surface area contributed by atoms with Crippen LogP contribution in [0, 0.1) is 0 Å². The molecule has 0 bridgehead atoms. The fourth-order valence-electron chi connectivity index (χ4n) is 3.23. The normalized spacial score (nSPS) is 14.5. The molecule has 3 N–H and O–H groups in total. The number of rotatable bonds is 5. The van der Waals surface area contributed by atoms with Crippen molar-refractivity contribution in [3.63, 3.8) is 0 Å². The molecule has 1 heterocycles. The first kappa shape index (κ1) is 22.1. The van der Waals surface area contributed by atoms with Gasteiger partial charge in [0, 0.05) is 43.4 Å². The van der Waals surface area contributed by atoms with Crippen LogP contribution in [-0.4, -0.2) is 57.9 Å². The first-order valence-electron chi connectivity index (χ1n) is 9.43. The van der Waals surface area contributed by atoms with E-state index >= 15 is 0 Å². The number of amides is 2. The van der Waals surface area contributed by atoms with Crippen molar-refractivity contribution < 1.29 is 18.0 Å². The van der Waals surface area contributed by atoms with E-state index in [0.717, 1.165) is 11.3 Å². The fourth-order valence-corrected chi connectivity index (χ4v) is 3.93. The molecular weight excluding hydrogens is 428 g/mol. The standard InChI is InChI=1S/C20H23ClN4O4S/c21-16-2-1-3-17(14-16)24-10-12-25(13-11-24)20(27)19(26)23-9-8-15-4-6-18(7-5-15)30(22,28)29/h1-7,14H,8-13H2,(H,23,26)(H2,22,28,29). The molecule has 0 aliphatic carbocycles. The molecule has 0 unspecified atom stereocenters. The Bertz CT molecular complexity index is 1020. The van der Waals surface area contributed by atoms with Crippen LogP contribution in [0.2, 0.25) is 5.02 Å². The third-order valence-corrected chi connectivity index (χ3v) is 6.05. The predicted octanol–water partition coefficient (Wildman–Crippen LogP) is 0.995. The number of halogens is 1. The van der Waals surface area contributed by atoms with E-state index in [1.54, 1.807) is 12.1 Å². The van der Waals surface area contributed by atoms with Crippen LogP contribution < -0.4 is 15.4 Å². The van der Waals surface area contributed by atoms with Gasteiger partial charge in [0.05, 0.1) is 4.90 Å². The minimum absolute atomic E-state index is 0.0300. The number of sulfonamides is 1. The van der Waals surface area contributed by atoms with Crippen molar-refractivity contribution in [3.05, 3.63) is 59.1 Å². The highest BCUT2D eigenvalue weighted by Crippen LogP contribution is 2.20.